The van der Waals surface area contributed by atoms with Crippen molar-refractivity contribution in [2.24, 2.45) is 5.41 Å². The number of aromatic nitrogens is 3. The summed E-state index contributed by atoms with van der Waals surface area (Å²) < 4.78 is 0. The highest BCUT2D eigenvalue weighted by Crippen LogP contribution is 2.30. The SMILES string of the molecule is C[C@]1(C(=O)O)CCN(C(=O)c2cnn(-c3ccccc3)n2)C1. The number of benzene rings is 1. The molecule has 0 unspecified atom stereocenters. The van der Waals surface area contributed by atoms with Crippen LogP contribution in [0.2, 0.25) is 0 Å². The molecule has 1 aliphatic rings. The molecule has 1 atom stereocenters. The summed E-state index contributed by atoms with van der Waals surface area (Å²) in [6, 6.07) is 9.28. The fourth-order valence-corrected chi connectivity index (χ4v) is 2.52. The first kappa shape index (κ1) is 14.2. The van der Waals surface area contributed by atoms with Gasteiger partial charge in [-0.25, -0.2) is 0 Å². The van der Waals surface area contributed by atoms with E-state index in [1.807, 2.05) is 30.3 Å². The number of rotatable bonds is 3. The van der Waals surface area contributed by atoms with E-state index in [9.17, 15) is 14.7 Å². The van der Waals surface area contributed by atoms with Crippen LogP contribution in [0.1, 0.15) is 23.8 Å². The lowest BCUT2D eigenvalue weighted by molar-refractivity contribution is -0.147. The van der Waals surface area contributed by atoms with Crippen molar-refractivity contribution in [1.29, 1.82) is 0 Å². The average molecular weight is 300 g/mol. The number of para-hydroxylation sites is 1. The highest BCUT2D eigenvalue weighted by Gasteiger charge is 2.42. The predicted molar refractivity (Wildman–Crippen MR) is 77.6 cm³/mol. The number of carboxylic acids is 1. The van der Waals surface area contributed by atoms with Gasteiger partial charge in [0.1, 0.15) is 0 Å². The maximum Gasteiger partial charge on any atom is 0.311 e. The highest BCUT2D eigenvalue weighted by atomic mass is 16.4. The largest absolute Gasteiger partial charge is 0.481 e. The van der Waals surface area contributed by atoms with Crippen LogP contribution in [-0.4, -0.2) is 50.0 Å². The van der Waals surface area contributed by atoms with Gasteiger partial charge in [0.2, 0.25) is 0 Å². The van der Waals surface area contributed by atoms with E-state index in [4.69, 9.17) is 0 Å². The van der Waals surface area contributed by atoms with Gasteiger partial charge in [0.05, 0.1) is 17.3 Å². The number of carbonyl (C=O) groups is 2. The van der Waals surface area contributed by atoms with E-state index in [1.54, 1.807) is 6.92 Å². The van der Waals surface area contributed by atoms with Gasteiger partial charge in [0.25, 0.3) is 5.91 Å². The zero-order chi connectivity index (χ0) is 15.7. The number of carboxylic acid groups (broad SMARTS) is 1. The van der Waals surface area contributed by atoms with Gasteiger partial charge in [0.15, 0.2) is 5.69 Å². The van der Waals surface area contributed by atoms with Gasteiger partial charge in [-0.05, 0) is 25.5 Å². The summed E-state index contributed by atoms with van der Waals surface area (Å²) in [5.41, 5.74) is 0.0993. The molecule has 114 valence electrons. The topological polar surface area (TPSA) is 88.3 Å². The normalized spacial score (nSPS) is 21.0. The van der Waals surface area contributed by atoms with Crippen LogP contribution < -0.4 is 0 Å². The quantitative estimate of drug-likeness (QED) is 0.920. The number of likely N-dealkylation sites (tertiary alicyclic amines) is 1. The molecule has 1 aromatic heterocycles. The van der Waals surface area contributed by atoms with Crippen molar-refractivity contribution in [3.05, 3.63) is 42.2 Å². The van der Waals surface area contributed by atoms with E-state index >= 15 is 0 Å². The molecule has 1 fully saturated rings. The van der Waals surface area contributed by atoms with Crippen molar-refractivity contribution in [2.45, 2.75) is 13.3 Å². The van der Waals surface area contributed by atoms with Crippen molar-refractivity contribution >= 4 is 11.9 Å². The molecule has 0 saturated carbocycles. The number of amides is 1. The molecule has 2 aromatic rings. The molecule has 7 heteroatoms. The molecule has 3 rings (SSSR count). The third-order valence-corrected chi connectivity index (χ3v) is 3.97. The lowest BCUT2D eigenvalue weighted by Gasteiger charge is -2.19. The number of aliphatic carboxylic acids is 1. The summed E-state index contributed by atoms with van der Waals surface area (Å²) in [4.78, 5) is 26.6. The van der Waals surface area contributed by atoms with E-state index in [2.05, 4.69) is 10.2 Å². The van der Waals surface area contributed by atoms with E-state index in [0.717, 1.165) is 5.69 Å². The minimum Gasteiger partial charge on any atom is -0.481 e. The number of nitrogens with zero attached hydrogens (tertiary/aromatic N) is 4. The molecule has 1 N–H and O–H groups in total. The Bertz CT molecular complexity index is 713. The zero-order valence-electron chi connectivity index (χ0n) is 12.1. The molecular formula is C15H16N4O3. The van der Waals surface area contributed by atoms with Crippen LogP contribution in [-0.2, 0) is 4.79 Å². The minimum absolute atomic E-state index is 0.194. The molecule has 22 heavy (non-hydrogen) atoms. The van der Waals surface area contributed by atoms with Gasteiger partial charge < -0.3 is 10.0 Å². The molecule has 1 aromatic carbocycles. The first-order valence-electron chi connectivity index (χ1n) is 7.00. The van der Waals surface area contributed by atoms with Crippen LogP contribution in [0.5, 0.6) is 0 Å². The molecule has 0 spiro atoms. The second kappa shape index (κ2) is 5.25. The average Bonchev–Trinajstić information content (AvgIpc) is 3.15. The second-order valence-electron chi connectivity index (χ2n) is 5.70. The third kappa shape index (κ3) is 2.45. The summed E-state index contributed by atoms with van der Waals surface area (Å²) in [5.74, 6) is -1.16. The van der Waals surface area contributed by atoms with Crippen LogP contribution in [0.15, 0.2) is 36.5 Å². The maximum absolute atomic E-state index is 12.4. The number of hydrogen-bond acceptors (Lipinski definition) is 4. The number of carbonyl (C=O) groups excluding carboxylic acids is 1. The Balaban J connectivity index is 1.77. The van der Waals surface area contributed by atoms with Crippen molar-refractivity contribution in [3.8, 4) is 5.69 Å². The smallest absolute Gasteiger partial charge is 0.311 e. The molecule has 1 amide bonds. The highest BCUT2D eigenvalue weighted by molar-refractivity contribution is 5.93. The van der Waals surface area contributed by atoms with Crippen LogP contribution in [0.25, 0.3) is 5.69 Å². The maximum atomic E-state index is 12.4. The number of hydrogen-bond donors (Lipinski definition) is 1. The Morgan fingerprint density at radius 1 is 1.27 bits per heavy atom. The molecule has 0 aliphatic carbocycles. The predicted octanol–water partition coefficient (Wildman–Crippen LogP) is 1.20. The molecule has 1 saturated heterocycles. The Kier molecular flexibility index (Phi) is 3.40. The summed E-state index contributed by atoms with van der Waals surface area (Å²) in [5, 5.41) is 17.5. The summed E-state index contributed by atoms with van der Waals surface area (Å²) in [6.45, 7) is 2.27. The fourth-order valence-electron chi connectivity index (χ4n) is 2.52. The zero-order valence-corrected chi connectivity index (χ0v) is 12.1. The Morgan fingerprint density at radius 2 is 2.00 bits per heavy atom. The van der Waals surface area contributed by atoms with Gasteiger partial charge >= 0.3 is 5.97 Å². The molecule has 1 aliphatic heterocycles. The molecule has 7 nitrogen and oxygen atoms in total. The third-order valence-electron chi connectivity index (χ3n) is 3.97. The van der Waals surface area contributed by atoms with Crippen molar-refractivity contribution < 1.29 is 14.7 Å². The Hall–Kier alpha value is -2.70. The van der Waals surface area contributed by atoms with Gasteiger partial charge in [-0.2, -0.15) is 9.90 Å². The molecular weight excluding hydrogens is 284 g/mol. The second-order valence-corrected chi connectivity index (χ2v) is 5.70. The monoisotopic (exact) mass is 300 g/mol. The first-order valence-corrected chi connectivity index (χ1v) is 7.00. The van der Waals surface area contributed by atoms with E-state index in [0.29, 0.717) is 13.0 Å². The van der Waals surface area contributed by atoms with Crippen molar-refractivity contribution in [3.63, 3.8) is 0 Å². The fraction of sp³-hybridized carbons (Fsp3) is 0.333. The Morgan fingerprint density at radius 3 is 2.64 bits per heavy atom. The van der Waals surface area contributed by atoms with E-state index < -0.39 is 11.4 Å². The lowest BCUT2D eigenvalue weighted by Crippen LogP contribution is -2.35. The molecule has 0 bridgehead atoms. The minimum atomic E-state index is -0.884. The van der Waals surface area contributed by atoms with Crippen LogP contribution in [0.4, 0.5) is 0 Å². The lowest BCUT2D eigenvalue weighted by atomic mass is 9.90. The van der Waals surface area contributed by atoms with Gasteiger partial charge in [-0.15, -0.1) is 5.10 Å². The standard InChI is InChI=1S/C15H16N4O3/c1-15(14(21)22)7-8-18(10-15)13(20)12-9-16-19(17-12)11-5-3-2-4-6-11/h2-6,9H,7-8,10H2,1H3,(H,21,22)/t15-/m0/s1. The molecule has 0 radical (unpaired) electrons. The summed E-state index contributed by atoms with van der Waals surface area (Å²) in [7, 11) is 0. The van der Waals surface area contributed by atoms with Crippen LogP contribution >= 0.6 is 0 Å². The summed E-state index contributed by atoms with van der Waals surface area (Å²) >= 11 is 0. The van der Waals surface area contributed by atoms with E-state index in [1.165, 1.54) is 15.9 Å². The molecule has 2 heterocycles. The van der Waals surface area contributed by atoms with Gasteiger partial charge in [0, 0.05) is 13.1 Å². The van der Waals surface area contributed by atoms with Crippen LogP contribution in [0, 0.1) is 5.41 Å². The van der Waals surface area contributed by atoms with E-state index in [-0.39, 0.29) is 18.1 Å². The summed E-state index contributed by atoms with van der Waals surface area (Å²) in [6.07, 6.45) is 1.85. The first-order chi connectivity index (χ1) is 10.5. The van der Waals surface area contributed by atoms with Crippen molar-refractivity contribution in [2.75, 3.05) is 13.1 Å². The van der Waals surface area contributed by atoms with Gasteiger partial charge in [-0.3, -0.25) is 9.59 Å². The van der Waals surface area contributed by atoms with Crippen LogP contribution in [0.3, 0.4) is 0 Å². The van der Waals surface area contributed by atoms with Crippen molar-refractivity contribution in [1.82, 2.24) is 19.9 Å². The Labute approximate surface area is 127 Å². The van der Waals surface area contributed by atoms with Gasteiger partial charge in [-0.1, -0.05) is 18.2 Å².